The molecule has 1 fully saturated rings. The number of aromatic nitrogens is 2. The fraction of sp³-hybridized carbons (Fsp3) is 0.375. The molecule has 0 N–H and O–H groups in total. The van der Waals surface area contributed by atoms with Gasteiger partial charge in [0.2, 0.25) is 5.91 Å². The number of rotatable bonds is 4. The van der Waals surface area contributed by atoms with Crippen LogP contribution in [-0.4, -0.2) is 38.2 Å². The molecular formula is C16H17N3O2S. The van der Waals surface area contributed by atoms with E-state index in [1.165, 1.54) is 11.8 Å². The number of likely N-dealkylation sites (tertiary alicyclic amines) is 1. The molecule has 3 rings (SSSR count). The fourth-order valence-corrected chi connectivity index (χ4v) is 3.37. The van der Waals surface area contributed by atoms with Crippen LogP contribution in [0.1, 0.15) is 18.9 Å². The number of carbonyl (C=O) groups excluding carboxylic acids is 2. The molecule has 1 amide bonds. The first-order chi connectivity index (χ1) is 10.6. The van der Waals surface area contributed by atoms with Crippen molar-refractivity contribution in [3.05, 3.63) is 36.2 Å². The van der Waals surface area contributed by atoms with E-state index >= 15 is 0 Å². The highest BCUT2D eigenvalue weighted by Gasteiger charge is 2.29. The topological polar surface area (TPSA) is 63.2 Å². The molecule has 1 unspecified atom stereocenters. The first kappa shape index (κ1) is 15.0. The maximum absolute atomic E-state index is 12.1. The lowest BCUT2D eigenvalue weighted by Gasteiger charge is -2.16. The molecule has 1 aliphatic rings. The third kappa shape index (κ3) is 3.44. The molecule has 1 aromatic heterocycles. The van der Waals surface area contributed by atoms with Crippen molar-refractivity contribution < 1.29 is 9.59 Å². The lowest BCUT2D eigenvalue weighted by atomic mass is 10.1. The molecule has 1 atom stereocenters. The summed E-state index contributed by atoms with van der Waals surface area (Å²) in [5.74, 6) is 1.15. The minimum Gasteiger partial charge on any atom is -0.338 e. The molecule has 6 heteroatoms. The maximum Gasteiger partial charge on any atom is 0.223 e. The van der Waals surface area contributed by atoms with E-state index in [0.717, 1.165) is 28.9 Å². The molecule has 2 heterocycles. The first-order valence-electron chi connectivity index (χ1n) is 7.22. The number of fused-ring (bicyclic) bond motifs is 1. The van der Waals surface area contributed by atoms with E-state index in [1.54, 1.807) is 19.3 Å². The minimum atomic E-state index is 0.110. The Bertz CT molecular complexity index is 719. The van der Waals surface area contributed by atoms with Crippen LogP contribution in [-0.2, 0) is 16.1 Å². The van der Waals surface area contributed by atoms with Gasteiger partial charge in [0.05, 0.1) is 11.0 Å². The van der Waals surface area contributed by atoms with Crippen molar-refractivity contribution >= 4 is 33.8 Å². The fourth-order valence-electron chi connectivity index (χ4n) is 2.68. The highest BCUT2D eigenvalue weighted by atomic mass is 32.2. The normalized spacial score (nSPS) is 18.1. The molecule has 0 aliphatic carbocycles. The summed E-state index contributed by atoms with van der Waals surface area (Å²) in [5.41, 5.74) is 2.76. The van der Waals surface area contributed by atoms with Gasteiger partial charge < -0.3 is 4.90 Å². The van der Waals surface area contributed by atoms with Crippen molar-refractivity contribution in [2.45, 2.75) is 19.9 Å². The summed E-state index contributed by atoms with van der Waals surface area (Å²) in [7, 11) is 0. The summed E-state index contributed by atoms with van der Waals surface area (Å²) in [6.07, 6.45) is 3.87. The molecule has 0 saturated carbocycles. The second kappa shape index (κ2) is 6.44. The number of nitrogens with zero attached hydrogens (tertiary/aromatic N) is 3. The van der Waals surface area contributed by atoms with Gasteiger partial charge in [0.15, 0.2) is 5.12 Å². The molecule has 22 heavy (non-hydrogen) atoms. The molecule has 0 bridgehead atoms. The molecule has 2 aromatic rings. The van der Waals surface area contributed by atoms with Gasteiger partial charge in [-0.2, -0.15) is 0 Å². The van der Waals surface area contributed by atoms with Crippen molar-refractivity contribution in [2.75, 3.05) is 12.3 Å². The summed E-state index contributed by atoms with van der Waals surface area (Å²) in [6.45, 7) is 2.87. The Morgan fingerprint density at radius 2 is 2.09 bits per heavy atom. The van der Waals surface area contributed by atoms with Crippen molar-refractivity contribution in [1.29, 1.82) is 0 Å². The zero-order valence-electron chi connectivity index (χ0n) is 12.4. The van der Waals surface area contributed by atoms with E-state index in [2.05, 4.69) is 9.97 Å². The van der Waals surface area contributed by atoms with Crippen LogP contribution in [0.15, 0.2) is 30.6 Å². The van der Waals surface area contributed by atoms with Crippen molar-refractivity contribution in [2.24, 2.45) is 5.92 Å². The molecule has 1 aromatic carbocycles. The third-order valence-electron chi connectivity index (χ3n) is 3.72. The molecule has 114 valence electrons. The van der Waals surface area contributed by atoms with Gasteiger partial charge in [0.1, 0.15) is 0 Å². The van der Waals surface area contributed by atoms with Crippen LogP contribution in [0.4, 0.5) is 0 Å². The van der Waals surface area contributed by atoms with Gasteiger partial charge in [0, 0.05) is 44.6 Å². The lowest BCUT2D eigenvalue weighted by molar-refractivity contribution is -0.128. The molecule has 5 nitrogen and oxygen atoms in total. The summed E-state index contributed by atoms with van der Waals surface area (Å²) < 4.78 is 0. The summed E-state index contributed by atoms with van der Waals surface area (Å²) >= 11 is 1.30. The van der Waals surface area contributed by atoms with Crippen molar-refractivity contribution in [1.82, 2.24) is 14.9 Å². The van der Waals surface area contributed by atoms with Crippen LogP contribution >= 0.6 is 11.8 Å². The smallest absolute Gasteiger partial charge is 0.223 e. The van der Waals surface area contributed by atoms with Crippen LogP contribution in [0.2, 0.25) is 0 Å². The summed E-state index contributed by atoms with van der Waals surface area (Å²) in [6, 6.07) is 5.90. The van der Waals surface area contributed by atoms with Crippen LogP contribution in [0.3, 0.4) is 0 Å². The Balaban J connectivity index is 1.66. The number of carbonyl (C=O) groups is 2. The van der Waals surface area contributed by atoms with Gasteiger partial charge in [-0.3, -0.25) is 19.6 Å². The Labute approximate surface area is 133 Å². The van der Waals surface area contributed by atoms with Crippen LogP contribution in [0.5, 0.6) is 0 Å². The largest absolute Gasteiger partial charge is 0.338 e. The van der Waals surface area contributed by atoms with Crippen LogP contribution < -0.4 is 0 Å². The van der Waals surface area contributed by atoms with Crippen LogP contribution in [0, 0.1) is 5.92 Å². The Morgan fingerprint density at radius 3 is 2.86 bits per heavy atom. The van der Waals surface area contributed by atoms with E-state index in [1.807, 2.05) is 23.1 Å². The highest BCUT2D eigenvalue weighted by Crippen LogP contribution is 2.24. The Kier molecular flexibility index (Phi) is 4.38. The number of amides is 1. The summed E-state index contributed by atoms with van der Waals surface area (Å²) in [4.78, 5) is 33.5. The van der Waals surface area contributed by atoms with E-state index in [-0.39, 0.29) is 16.9 Å². The first-order valence-corrected chi connectivity index (χ1v) is 8.21. The molecule has 0 radical (unpaired) electrons. The average molecular weight is 315 g/mol. The van der Waals surface area contributed by atoms with Gasteiger partial charge in [0.25, 0.3) is 0 Å². The predicted octanol–water partition coefficient (Wildman–Crippen LogP) is 2.26. The maximum atomic E-state index is 12.1. The minimum absolute atomic E-state index is 0.110. The second-order valence-corrected chi connectivity index (χ2v) is 6.72. The highest BCUT2D eigenvalue weighted by molar-refractivity contribution is 8.13. The van der Waals surface area contributed by atoms with E-state index in [9.17, 15) is 9.59 Å². The molecule has 0 spiro atoms. The number of thioether (sulfide) groups is 1. The zero-order chi connectivity index (χ0) is 15.5. The average Bonchev–Trinajstić information content (AvgIpc) is 2.85. The molecular weight excluding hydrogens is 298 g/mol. The van der Waals surface area contributed by atoms with Crippen molar-refractivity contribution in [3.63, 3.8) is 0 Å². The number of hydrogen-bond donors (Lipinski definition) is 0. The Morgan fingerprint density at radius 1 is 1.32 bits per heavy atom. The number of benzene rings is 1. The van der Waals surface area contributed by atoms with E-state index in [0.29, 0.717) is 13.0 Å². The third-order valence-corrected chi connectivity index (χ3v) is 4.77. The second-order valence-electron chi connectivity index (χ2n) is 5.53. The quantitative estimate of drug-likeness (QED) is 0.866. The monoisotopic (exact) mass is 315 g/mol. The van der Waals surface area contributed by atoms with Gasteiger partial charge >= 0.3 is 0 Å². The lowest BCUT2D eigenvalue weighted by Crippen LogP contribution is -2.24. The van der Waals surface area contributed by atoms with Gasteiger partial charge in [-0.05, 0) is 23.6 Å². The van der Waals surface area contributed by atoms with Crippen molar-refractivity contribution in [3.8, 4) is 0 Å². The van der Waals surface area contributed by atoms with Gasteiger partial charge in [-0.25, -0.2) is 0 Å². The molecule has 1 saturated heterocycles. The van der Waals surface area contributed by atoms with Crippen LogP contribution in [0.25, 0.3) is 11.0 Å². The zero-order valence-corrected chi connectivity index (χ0v) is 13.2. The SMILES string of the molecule is CC(=O)SCC1CC(=O)N(Cc2ccc3nccnc3c2)C1. The van der Waals surface area contributed by atoms with E-state index in [4.69, 9.17) is 0 Å². The number of hydrogen-bond acceptors (Lipinski definition) is 5. The van der Waals surface area contributed by atoms with Gasteiger partial charge in [-0.1, -0.05) is 17.8 Å². The van der Waals surface area contributed by atoms with Gasteiger partial charge in [-0.15, -0.1) is 0 Å². The molecule has 1 aliphatic heterocycles. The standard InChI is InChI=1S/C16H17N3O2S/c1-11(20)22-10-13-7-16(21)19(9-13)8-12-2-3-14-15(6-12)18-5-4-17-14/h2-6,13H,7-10H2,1H3. The predicted molar refractivity (Wildman–Crippen MR) is 86.2 cm³/mol. The Hall–Kier alpha value is -1.95. The summed E-state index contributed by atoms with van der Waals surface area (Å²) in [5, 5.41) is 0.110. The van der Waals surface area contributed by atoms with E-state index < -0.39 is 0 Å².